The first-order chi connectivity index (χ1) is 7.58. The lowest BCUT2D eigenvalue weighted by Crippen LogP contribution is -2.14. The minimum Gasteiger partial charge on any atom is -0.399 e. The van der Waals surface area contributed by atoms with Gasteiger partial charge in [-0.2, -0.15) is 0 Å². The fraction of sp³-hybridized carbons (Fsp3) is 0.0833. The van der Waals surface area contributed by atoms with Gasteiger partial charge in [-0.15, -0.1) is 0 Å². The highest BCUT2D eigenvalue weighted by atomic mass is 35.5. The minimum absolute atomic E-state index is 0.0645. The topological polar surface area (TPSA) is 48.0 Å². The van der Waals surface area contributed by atoms with Gasteiger partial charge in [0, 0.05) is 30.6 Å². The van der Waals surface area contributed by atoms with Gasteiger partial charge >= 0.3 is 0 Å². The zero-order chi connectivity index (χ0) is 11.7. The summed E-state index contributed by atoms with van der Waals surface area (Å²) in [5, 5.41) is 0.549. The van der Waals surface area contributed by atoms with Gasteiger partial charge < -0.3 is 10.3 Å². The van der Waals surface area contributed by atoms with Gasteiger partial charge in [0.25, 0.3) is 5.56 Å². The third-order valence-corrected chi connectivity index (χ3v) is 2.72. The number of aryl methyl sites for hydroxylation is 1. The average molecular weight is 235 g/mol. The first-order valence-electron chi connectivity index (χ1n) is 4.80. The van der Waals surface area contributed by atoms with E-state index in [1.165, 1.54) is 4.57 Å². The van der Waals surface area contributed by atoms with Crippen LogP contribution in [-0.2, 0) is 7.05 Å². The summed E-state index contributed by atoms with van der Waals surface area (Å²) in [7, 11) is 1.71. The van der Waals surface area contributed by atoms with Crippen molar-refractivity contribution in [2.24, 2.45) is 7.05 Å². The number of benzene rings is 1. The molecule has 0 amide bonds. The quantitative estimate of drug-likeness (QED) is 0.770. The number of pyridine rings is 1. The summed E-state index contributed by atoms with van der Waals surface area (Å²) in [6.45, 7) is 0. The maximum absolute atomic E-state index is 11.5. The van der Waals surface area contributed by atoms with E-state index in [9.17, 15) is 4.79 Å². The van der Waals surface area contributed by atoms with E-state index in [0.717, 1.165) is 11.1 Å². The van der Waals surface area contributed by atoms with Crippen LogP contribution in [0, 0.1) is 0 Å². The minimum atomic E-state index is -0.0645. The summed E-state index contributed by atoms with van der Waals surface area (Å²) >= 11 is 6.07. The van der Waals surface area contributed by atoms with Crippen LogP contribution in [0.2, 0.25) is 5.02 Å². The molecule has 0 radical (unpaired) electrons. The molecule has 2 rings (SSSR count). The molecule has 0 atom stereocenters. The second kappa shape index (κ2) is 4.02. The number of halogens is 1. The van der Waals surface area contributed by atoms with E-state index in [4.69, 9.17) is 17.3 Å². The van der Waals surface area contributed by atoms with E-state index in [1.54, 1.807) is 31.4 Å². The number of anilines is 1. The molecule has 0 unspecified atom stereocenters. The Morgan fingerprint density at radius 3 is 2.62 bits per heavy atom. The molecule has 0 saturated heterocycles. The van der Waals surface area contributed by atoms with Crippen LogP contribution in [0.15, 0.2) is 41.3 Å². The molecule has 0 aliphatic carbocycles. The number of nitrogens with two attached hydrogens (primary N) is 1. The Labute approximate surface area is 98.1 Å². The summed E-state index contributed by atoms with van der Waals surface area (Å²) in [6, 6.07) is 8.65. The highest BCUT2D eigenvalue weighted by Gasteiger charge is 2.04. The van der Waals surface area contributed by atoms with Crippen LogP contribution in [0.25, 0.3) is 11.1 Å². The maximum Gasteiger partial charge on any atom is 0.250 e. The Morgan fingerprint density at radius 1 is 1.25 bits per heavy atom. The average Bonchev–Trinajstić information content (AvgIpc) is 2.22. The van der Waals surface area contributed by atoms with E-state index in [2.05, 4.69) is 0 Å². The molecule has 0 aliphatic heterocycles. The van der Waals surface area contributed by atoms with Crippen molar-refractivity contribution in [3.63, 3.8) is 0 Å². The molecule has 4 heteroatoms. The van der Waals surface area contributed by atoms with Crippen LogP contribution in [0.5, 0.6) is 0 Å². The standard InChI is InChI=1S/C12H11ClN2O/c1-15-5-4-8(6-12(15)16)10-3-2-9(14)7-11(10)13/h2-7H,14H2,1H3. The first kappa shape index (κ1) is 10.8. The summed E-state index contributed by atoms with van der Waals surface area (Å²) in [5.74, 6) is 0. The lowest BCUT2D eigenvalue weighted by Gasteiger charge is -2.06. The molecule has 0 bridgehead atoms. The molecule has 16 heavy (non-hydrogen) atoms. The van der Waals surface area contributed by atoms with Gasteiger partial charge in [0.15, 0.2) is 0 Å². The molecular weight excluding hydrogens is 224 g/mol. The van der Waals surface area contributed by atoms with E-state index in [0.29, 0.717) is 10.7 Å². The largest absolute Gasteiger partial charge is 0.399 e. The van der Waals surface area contributed by atoms with Gasteiger partial charge in [-0.1, -0.05) is 17.7 Å². The van der Waals surface area contributed by atoms with Crippen molar-refractivity contribution in [2.75, 3.05) is 5.73 Å². The van der Waals surface area contributed by atoms with Crippen LogP contribution < -0.4 is 11.3 Å². The van der Waals surface area contributed by atoms with E-state index in [-0.39, 0.29) is 5.56 Å². The number of nitrogen functional groups attached to an aromatic ring is 1. The summed E-state index contributed by atoms with van der Waals surface area (Å²) < 4.78 is 1.51. The van der Waals surface area contributed by atoms with E-state index in [1.807, 2.05) is 12.1 Å². The molecule has 0 saturated carbocycles. The van der Waals surface area contributed by atoms with E-state index >= 15 is 0 Å². The molecule has 82 valence electrons. The normalized spacial score (nSPS) is 10.4. The lowest BCUT2D eigenvalue weighted by molar-refractivity contribution is 0.861. The smallest absolute Gasteiger partial charge is 0.250 e. The first-order valence-corrected chi connectivity index (χ1v) is 5.18. The van der Waals surface area contributed by atoms with Gasteiger partial charge in [0.05, 0.1) is 5.02 Å². The number of hydrogen-bond acceptors (Lipinski definition) is 2. The van der Waals surface area contributed by atoms with Crippen LogP contribution in [0.4, 0.5) is 5.69 Å². The molecule has 1 aromatic heterocycles. The number of aromatic nitrogens is 1. The van der Waals surface area contributed by atoms with Crippen molar-refractivity contribution < 1.29 is 0 Å². The SMILES string of the molecule is Cn1ccc(-c2ccc(N)cc2Cl)cc1=O. The second-order valence-electron chi connectivity index (χ2n) is 3.60. The van der Waals surface area contributed by atoms with Crippen molar-refractivity contribution >= 4 is 17.3 Å². The fourth-order valence-corrected chi connectivity index (χ4v) is 1.78. The van der Waals surface area contributed by atoms with Crippen molar-refractivity contribution in [2.45, 2.75) is 0 Å². The predicted octanol–water partition coefficient (Wildman–Crippen LogP) is 2.29. The molecule has 1 aromatic carbocycles. The molecule has 2 aromatic rings. The Balaban J connectivity index is 2.59. The van der Waals surface area contributed by atoms with Gasteiger partial charge in [-0.05, 0) is 23.8 Å². The Hall–Kier alpha value is -1.74. The molecule has 1 heterocycles. The summed E-state index contributed by atoms with van der Waals surface area (Å²) in [6.07, 6.45) is 1.71. The molecule has 3 nitrogen and oxygen atoms in total. The number of nitrogens with zero attached hydrogens (tertiary/aromatic N) is 1. The molecular formula is C12H11ClN2O. The number of hydrogen-bond donors (Lipinski definition) is 1. The Morgan fingerprint density at radius 2 is 2.00 bits per heavy atom. The van der Waals surface area contributed by atoms with Crippen molar-refractivity contribution in [1.82, 2.24) is 4.57 Å². The third-order valence-electron chi connectivity index (χ3n) is 2.41. The highest BCUT2D eigenvalue weighted by Crippen LogP contribution is 2.28. The predicted molar refractivity (Wildman–Crippen MR) is 66.5 cm³/mol. The van der Waals surface area contributed by atoms with Gasteiger partial charge in [0.2, 0.25) is 0 Å². The lowest BCUT2D eigenvalue weighted by atomic mass is 10.1. The van der Waals surface area contributed by atoms with Crippen LogP contribution in [-0.4, -0.2) is 4.57 Å². The molecule has 2 N–H and O–H groups in total. The molecule has 0 aliphatic rings. The maximum atomic E-state index is 11.5. The number of rotatable bonds is 1. The van der Waals surface area contributed by atoms with Gasteiger partial charge in [0.1, 0.15) is 0 Å². The Kier molecular flexibility index (Phi) is 2.71. The monoisotopic (exact) mass is 234 g/mol. The van der Waals surface area contributed by atoms with Crippen molar-refractivity contribution in [1.29, 1.82) is 0 Å². The molecule has 0 fully saturated rings. The molecule has 0 spiro atoms. The van der Waals surface area contributed by atoms with Gasteiger partial charge in [-0.25, -0.2) is 0 Å². The fourth-order valence-electron chi connectivity index (χ4n) is 1.48. The van der Waals surface area contributed by atoms with Gasteiger partial charge in [-0.3, -0.25) is 4.79 Å². The summed E-state index contributed by atoms with van der Waals surface area (Å²) in [4.78, 5) is 11.5. The highest BCUT2D eigenvalue weighted by molar-refractivity contribution is 6.33. The second-order valence-corrected chi connectivity index (χ2v) is 4.01. The third kappa shape index (κ3) is 1.95. The van der Waals surface area contributed by atoms with Crippen LogP contribution in [0.1, 0.15) is 0 Å². The van der Waals surface area contributed by atoms with Crippen LogP contribution in [0.3, 0.4) is 0 Å². The summed E-state index contributed by atoms with van der Waals surface area (Å²) in [5.41, 5.74) is 7.77. The Bertz CT molecular complexity index is 590. The zero-order valence-electron chi connectivity index (χ0n) is 8.77. The van der Waals surface area contributed by atoms with Crippen molar-refractivity contribution in [3.8, 4) is 11.1 Å². The van der Waals surface area contributed by atoms with Crippen LogP contribution >= 0.6 is 11.6 Å². The van der Waals surface area contributed by atoms with Crippen molar-refractivity contribution in [3.05, 3.63) is 51.9 Å². The zero-order valence-corrected chi connectivity index (χ0v) is 9.53. The van der Waals surface area contributed by atoms with E-state index < -0.39 is 0 Å².